The highest BCUT2D eigenvalue weighted by atomic mass is 79.9. The maximum atomic E-state index is 13.4. The lowest BCUT2D eigenvalue weighted by atomic mass is 10.2. The number of allylic oxidation sites excluding steroid dienone is 1. The third-order valence-corrected chi connectivity index (χ3v) is 2.76. The van der Waals surface area contributed by atoms with Gasteiger partial charge in [-0.1, -0.05) is 39.7 Å². The standard InChI is InChI=1S/C10H9BrClFS/c11-9-5-7(12)6-10(13)8(9)3-1-2-4-14/h1,3,5-6,14H,2,4H2. The molecule has 0 N–H and O–H groups in total. The minimum atomic E-state index is -0.320. The molecule has 1 aromatic carbocycles. The van der Waals surface area contributed by atoms with Crippen LogP contribution in [-0.2, 0) is 0 Å². The summed E-state index contributed by atoms with van der Waals surface area (Å²) in [7, 11) is 0. The molecule has 0 nitrogen and oxygen atoms in total. The molecular weight excluding hydrogens is 287 g/mol. The van der Waals surface area contributed by atoms with Gasteiger partial charge in [0.25, 0.3) is 0 Å². The summed E-state index contributed by atoms with van der Waals surface area (Å²) in [6.45, 7) is 0. The van der Waals surface area contributed by atoms with Crippen LogP contribution in [-0.4, -0.2) is 5.75 Å². The molecule has 0 bridgehead atoms. The van der Waals surface area contributed by atoms with Crippen LogP contribution in [0.5, 0.6) is 0 Å². The van der Waals surface area contributed by atoms with Crippen LogP contribution in [0.1, 0.15) is 12.0 Å². The van der Waals surface area contributed by atoms with E-state index >= 15 is 0 Å². The fourth-order valence-electron chi connectivity index (χ4n) is 0.988. The summed E-state index contributed by atoms with van der Waals surface area (Å²) in [5.74, 6) is 0.434. The highest BCUT2D eigenvalue weighted by Gasteiger charge is 2.04. The smallest absolute Gasteiger partial charge is 0.133 e. The second-order valence-corrected chi connectivity index (χ2v) is 4.44. The normalized spacial score (nSPS) is 11.1. The van der Waals surface area contributed by atoms with Gasteiger partial charge in [-0.2, -0.15) is 12.6 Å². The first-order valence-electron chi connectivity index (χ1n) is 4.07. The average molecular weight is 296 g/mol. The number of hydrogen-bond acceptors (Lipinski definition) is 1. The Morgan fingerprint density at radius 3 is 2.79 bits per heavy atom. The fraction of sp³-hybridized carbons (Fsp3) is 0.200. The lowest BCUT2D eigenvalue weighted by Gasteiger charge is -2.01. The van der Waals surface area contributed by atoms with Gasteiger partial charge in [-0.15, -0.1) is 0 Å². The molecule has 4 heteroatoms. The monoisotopic (exact) mass is 294 g/mol. The maximum absolute atomic E-state index is 13.4. The van der Waals surface area contributed by atoms with Crippen LogP contribution in [0.15, 0.2) is 22.7 Å². The van der Waals surface area contributed by atoms with E-state index in [-0.39, 0.29) is 5.82 Å². The zero-order valence-electron chi connectivity index (χ0n) is 7.30. The quantitative estimate of drug-likeness (QED) is 0.776. The van der Waals surface area contributed by atoms with E-state index in [0.29, 0.717) is 15.1 Å². The Morgan fingerprint density at radius 2 is 2.21 bits per heavy atom. The number of thiol groups is 1. The van der Waals surface area contributed by atoms with Crippen molar-refractivity contribution in [1.82, 2.24) is 0 Å². The van der Waals surface area contributed by atoms with E-state index in [9.17, 15) is 4.39 Å². The summed E-state index contributed by atoms with van der Waals surface area (Å²) in [6, 6.07) is 2.97. The average Bonchev–Trinajstić information content (AvgIpc) is 2.09. The van der Waals surface area contributed by atoms with Crippen LogP contribution < -0.4 is 0 Å². The van der Waals surface area contributed by atoms with Gasteiger partial charge in [0.15, 0.2) is 0 Å². The van der Waals surface area contributed by atoms with Crippen LogP contribution in [0.25, 0.3) is 6.08 Å². The zero-order valence-corrected chi connectivity index (χ0v) is 10.5. The van der Waals surface area contributed by atoms with E-state index in [1.807, 2.05) is 6.08 Å². The van der Waals surface area contributed by atoms with Gasteiger partial charge in [0.1, 0.15) is 5.82 Å². The summed E-state index contributed by atoms with van der Waals surface area (Å²) in [5, 5.41) is 0.390. The maximum Gasteiger partial charge on any atom is 0.133 e. The first-order chi connectivity index (χ1) is 6.65. The van der Waals surface area contributed by atoms with Crippen molar-refractivity contribution >= 4 is 46.2 Å². The van der Waals surface area contributed by atoms with E-state index in [2.05, 4.69) is 28.6 Å². The van der Waals surface area contributed by atoms with E-state index in [0.717, 1.165) is 12.2 Å². The van der Waals surface area contributed by atoms with Crippen molar-refractivity contribution in [1.29, 1.82) is 0 Å². The van der Waals surface area contributed by atoms with Crippen LogP contribution in [0, 0.1) is 5.82 Å². The van der Waals surface area contributed by atoms with Crippen molar-refractivity contribution in [2.75, 3.05) is 5.75 Å². The Bertz CT molecular complexity index is 329. The van der Waals surface area contributed by atoms with Gasteiger partial charge in [-0.25, -0.2) is 4.39 Å². The van der Waals surface area contributed by atoms with Crippen molar-refractivity contribution in [3.63, 3.8) is 0 Å². The SMILES string of the molecule is Fc1cc(Cl)cc(Br)c1C=CCCS. The van der Waals surface area contributed by atoms with Crippen molar-refractivity contribution in [3.05, 3.63) is 39.1 Å². The van der Waals surface area contributed by atoms with Crippen LogP contribution >= 0.6 is 40.2 Å². The second kappa shape index (κ2) is 5.79. The molecule has 0 aliphatic heterocycles. The van der Waals surface area contributed by atoms with Crippen molar-refractivity contribution in [2.45, 2.75) is 6.42 Å². The molecule has 0 heterocycles. The molecule has 0 aromatic heterocycles. The fourth-order valence-corrected chi connectivity index (χ4v) is 2.04. The molecule has 0 fully saturated rings. The largest absolute Gasteiger partial charge is 0.206 e. The molecule has 1 aromatic rings. The Balaban J connectivity index is 2.96. The Morgan fingerprint density at radius 1 is 1.50 bits per heavy atom. The van der Waals surface area contributed by atoms with Gasteiger partial charge in [-0.3, -0.25) is 0 Å². The van der Waals surface area contributed by atoms with E-state index in [4.69, 9.17) is 11.6 Å². The van der Waals surface area contributed by atoms with Crippen molar-refractivity contribution in [2.24, 2.45) is 0 Å². The summed E-state index contributed by atoms with van der Waals surface area (Å²) in [4.78, 5) is 0. The molecule has 0 spiro atoms. The molecule has 76 valence electrons. The van der Waals surface area contributed by atoms with Gasteiger partial charge in [0.2, 0.25) is 0 Å². The molecule has 0 unspecified atom stereocenters. The van der Waals surface area contributed by atoms with Gasteiger partial charge in [-0.05, 0) is 24.3 Å². The molecule has 0 amide bonds. The zero-order chi connectivity index (χ0) is 10.6. The molecule has 1 rings (SSSR count). The van der Waals surface area contributed by atoms with E-state index in [1.165, 1.54) is 6.07 Å². The lowest BCUT2D eigenvalue weighted by molar-refractivity contribution is 0.624. The summed E-state index contributed by atoms with van der Waals surface area (Å²) in [5.41, 5.74) is 0.524. The predicted octanol–water partition coefficient (Wildman–Crippen LogP) is 4.57. The van der Waals surface area contributed by atoms with E-state index in [1.54, 1.807) is 12.1 Å². The molecule has 14 heavy (non-hydrogen) atoms. The molecule has 0 atom stereocenters. The number of benzene rings is 1. The molecule has 0 aliphatic carbocycles. The molecule has 0 radical (unpaired) electrons. The number of hydrogen-bond donors (Lipinski definition) is 1. The second-order valence-electron chi connectivity index (χ2n) is 2.70. The topological polar surface area (TPSA) is 0 Å². The van der Waals surface area contributed by atoms with Crippen LogP contribution in [0.2, 0.25) is 5.02 Å². The number of halogens is 3. The molecule has 0 saturated heterocycles. The van der Waals surface area contributed by atoms with E-state index < -0.39 is 0 Å². The van der Waals surface area contributed by atoms with Gasteiger partial charge >= 0.3 is 0 Å². The Hall–Kier alpha value is 0.01000. The predicted molar refractivity (Wildman–Crippen MR) is 66.6 cm³/mol. The summed E-state index contributed by atoms with van der Waals surface area (Å²) >= 11 is 13.0. The van der Waals surface area contributed by atoms with Crippen LogP contribution in [0.4, 0.5) is 4.39 Å². The minimum Gasteiger partial charge on any atom is -0.206 e. The van der Waals surface area contributed by atoms with Gasteiger partial charge in [0.05, 0.1) is 0 Å². The Kier molecular flexibility index (Phi) is 4.99. The van der Waals surface area contributed by atoms with Gasteiger partial charge in [0, 0.05) is 15.1 Å². The van der Waals surface area contributed by atoms with Crippen LogP contribution in [0.3, 0.4) is 0 Å². The van der Waals surface area contributed by atoms with Crippen molar-refractivity contribution < 1.29 is 4.39 Å². The first kappa shape index (κ1) is 12.1. The summed E-state index contributed by atoms with van der Waals surface area (Å²) in [6.07, 6.45) is 4.42. The third-order valence-electron chi connectivity index (χ3n) is 1.62. The van der Waals surface area contributed by atoms with Crippen molar-refractivity contribution in [3.8, 4) is 0 Å². The first-order valence-corrected chi connectivity index (χ1v) is 5.87. The minimum absolute atomic E-state index is 0.320. The number of rotatable bonds is 3. The highest BCUT2D eigenvalue weighted by molar-refractivity contribution is 9.10. The van der Waals surface area contributed by atoms with Gasteiger partial charge < -0.3 is 0 Å². The summed E-state index contributed by atoms with van der Waals surface area (Å²) < 4.78 is 14.0. The molecule has 0 aliphatic rings. The Labute approximate surface area is 102 Å². The lowest BCUT2D eigenvalue weighted by Crippen LogP contribution is -1.84. The third kappa shape index (κ3) is 3.30. The molecule has 0 saturated carbocycles. The highest BCUT2D eigenvalue weighted by Crippen LogP contribution is 2.25. The molecular formula is C10H9BrClFS.